The number of allylic oxidation sites excluding steroid dienone is 1. The fraction of sp³-hybridized carbons (Fsp3) is 0.412. The van der Waals surface area contributed by atoms with Crippen molar-refractivity contribution < 1.29 is 38.0 Å². The van der Waals surface area contributed by atoms with Gasteiger partial charge in [-0.1, -0.05) is 17.4 Å². The molecule has 1 aromatic heterocycles. The Kier molecular flexibility index (Phi) is 10.7. The fourth-order valence-electron chi connectivity index (χ4n) is 5.40. The van der Waals surface area contributed by atoms with Crippen LogP contribution in [0.1, 0.15) is 44.9 Å². The van der Waals surface area contributed by atoms with Gasteiger partial charge in [-0.25, -0.2) is 9.79 Å². The minimum absolute atomic E-state index is 0.130. The summed E-state index contributed by atoms with van der Waals surface area (Å²) < 4.78 is 35.7. The van der Waals surface area contributed by atoms with Crippen molar-refractivity contribution in [3.63, 3.8) is 0 Å². The fourth-order valence-corrected chi connectivity index (χ4v) is 6.45. The molecular formula is C34H39N3O9S. The third-order valence-corrected chi connectivity index (χ3v) is 8.58. The SMILES string of the molecule is CCOc1cc(/C=c2\sc3n(c2=O)[C@@H](c2cc(OC)ccc2OC)C(C(=O)OC(C)C)=C(C)N=3)ccc1OCC(=O)N1CCOCC1. The lowest BCUT2D eigenvalue weighted by molar-refractivity contribution is -0.143. The van der Waals surface area contributed by atoms with Crippen LogP contribution in [0.3, 0.4) is 0 Å². The number of hydrogen-bond donors (Lipinski definition) is 0. The number of ether oxygens (including phenoxy) is 6. The number of carbonyl (C=O) groups is 2. The molecule has 0 N–H and O–H groups in total. The van der Waals surface area contributed by atoms with Crippen LogP contribution in [0.25, 0.3) is 6.08 Å². The molecule has 5 rings (SSSR count). The Morgan fingerprint density at radius 1 is 1.04 bits per heavy atom. The number of aromatic nitrogens is 1. The van der Waals surface area contributed by atoms with Crippen LogP contribution in [0.15, 0.2) is 57.5 Å². The molecule has 1 fully saturated rings. The number of amides is 1. The van der Waals surface area contributed by atoms with Gasteiger partial charge >= 0.3 is 5.97 Å². The summed E-state index contributed by atoms with van der Waals surface area (Å²) in [7, 11) is 3.07. The van der Waals surface area contributed by atoms with Crippen LogP contribution in [-0.2, 0) is 19.1 Å². The summed E-state index contributed by atoms with van der Waals surface area (Å²) in [6.45, 7) is 9.42. The summed E-state index contributed by atoms with van der Waals surface area (Å²) in [5, 5.41) is 0. The average Bonchev–Trinajstić information content (AvgIpc) is 3.36. The molecule has 0 radical (unpaired) electrons. The van der Waals surface area contributed by atoms with Gasteiger partial charge in [-0.2, -0.15) is 0 Å². The molecule has 2 aliphatic heterocycles. The van der Waals surface area contributed by atoms with E-state index < -0.39 is 12.0 Å². The molecule has 0 spiro atoms. The van der Waals surface area contributed by atoms with E-state index in [1.54, 1.807) is 75.3 Å². The van der Waals surface area contributed by atoms with Gasteiger partial charge in [-0.3, -0.25) is 14.2 Å². The van der Waals surface area contributed by atoms with Crippen molar-refractivity contribution in [2.24, 2.45) is 4.99 Å². The van der Waals surface area contributed by atoms with Gasteiger partial charge in [0.25, 0.3) is 11.5 Å². The van der Waals surface area contributed by atoms with Crippen molar-refractivity contribution in [1.82, 2.24) is 9.47 Å². The Morgan fingerprint density at radius 2 is 1.79 bits per heavy atom. The third kappa shape index (κ3) is 7.36. The molecule has 0 unspecified atom stereocenters. The first kappa shape index (κ1) is 33.7. The van der Waals surface area contributed by atoms with Crippen LogP contribution in [0.4, 0.5) is 0 Å². The van der Waals surface area contributed by atoms with Crippen molar-refractivity contribution in [1.29, 1.82) is 0 Å². The molecule has 47 heavy (non-hydrogen) atoms. The van der Waals surface area contributed by atoms with Crippen molar-refractivity contribution in [2.75, 3.05) is 53.7 Å². The van der Waals surface area contributed by atoms with Crippen molar-refractivity contribution in [3.8, 4) is 23.0 Å². The molecular weight excluding hydrogens is 626 g/mol. The van der Waals surface area contributed by atoms with Crippen LogP contribution in [0, 0.1) is 0 Å². The maximum Gasteiger partial charge on any atom is 0.338 e. The number of esters is 1. The first-order valence-corrected chi connectivity index (χ1v) is 16.2. The zero-order chi connectivity index (χ0) is 33.7. The minimum Gasteiger partial charge on any atom is -0.497 e. The molecule has 13 heteroatoms. The molecule has 3 aromatic rings. The smallest absolute Gasteiger partial charge is 0.338 e. The number of benzene rings is 2. The van der Waals surface area contributed by atoms with Crippen LogP contribution in [0.5, 0.6) is 23.0 Å². The Bertz CT molecular complexity index is 1850. The van der Waals surface area contributed by atoms with Gasteiger partial charge in [0, 0.05) is 18.7 Å². The van der Waals surface area contributed by atoms with Gasteiger partial charge in [0.2, 0.25) is 0 Å². The van der Waals surface area contributed by atoms with Gasteiger partial charge in [0.05, 0.1) is 55.9 Å². The molecule has 0 aliphatic carbocycles. The first-order chi connectivity index (χ1) is 22.6. The molecule has 1 atom stereocenters. The number of hydrogen-bond acceptors (Lipinski definition) is 11. The summed E-state index contributed by atoms with van der Waals surface area (Å²) in [5.74, 6) is 1.16. The van der Waals surface area contributed by atoms with E-state index in [1.165, 1.54) is 23.0 Å². The van der Waals surface area contributed by atoms with Gasteiger partial charge < -0.3 is 33.3 Å². The Morgan fingerprint density at radius 3 is 2.47 bits per heavy atom. The highest BCUT2D eigenvalue weighted by molar-refractivity contribution is 7.07. The quantitative estimate of drug-likeness (QED) is 0.284. The van der Waals surface area contributed by atoms with E-state index in [4.69, 9.17) is 28.4 Å². The maximum atomic E-state index is 14.2. The van der Waals surface area contributed by atoms with Crippen LogP contribution >= 0.6 is 11.3 Å². The standard InChI is InChI=1S/C34H39N3O9S/c1-7-44-27-16-22(8-10-26(27)45-19-29(38)36-12-14-43-15-13-36)17-28-32(39)37-31(24-18-23(41-5)9-11-25(24)42-6)30(33(40)46-20(2)3)21(4)35-34(37)47-28/h8-11,16-18,20,31H,7,12-15,19H2,1-6H3/b28-17-/t31-/m0/s1. The molecule has 1 saturated heterocycles. The number of morpholine rings is 1. The molecule has 12 nitrogen and oxygen atoms in total. The topological polar surface area (TPSA) is 127 Å². The van der Waals surface area contributed by atoms with E-state index >= 15 is 0 Å². The van der Waals surface area contributed by atoms with E-state index in [0.29, 0.717) is 82.1 Å². The minimum atomic E-state index is -0.886. The number of nitrogens with zero attached hydrogens (tertiary/aromatic N) is 3. The molecule has 0 saturated carbocycles. The third-order valence-electron chi connectivity index (χ3n) is 7.60. The van der Waals surface area contributed by atoms with E-state index in [0.717, 1.165) is 0 Å². The van der Waals surface area contributed by atoms with Crippen LogP contribution < -0.4 is 33.8 Å². The van der Waals surface area contributed by atoms with E-state index in [2.05, 4.69) is 4.99 Å². The normalized spacial score (nSPS) is 16.4. The second kappa shape index (κ2) is 14.9. The second-order valence-electron chi connectivity index (χ2n) is 11.1. The van der Waals surface area contributed by atoms with Crippen LogP contribution in [0.2, 0.25) is 0 Å². The highest BCUT2D eigenvalue weighted by Crippen LogP contribution is 2.38. The predicted octanol–water partition coefficient (Wildman–Crippen LogP) is 2.84. The predicted molar refractivity (Wildman–Crippen MR) is 175 cm³/mol. The lowest BCUT2D eigenvalue weighted by Gasteiger charge is -2.26. The van der Waals surface area contributed by atoms with Crippen molar-refractivity contribution >= 4 is 29.3 Å². The summed E-state index contributed by atoms with van der Waals surface area (Å²) in [5.41, 5.74) is 1.55. The Balaban J connectivity index is 1.56. The van der Waals surface area contributed by atoms with E-state index in [-0.39, 0.29) is 29.8 Å². The van der Waals surface area contributed by atoms with Gasteiger partial charge in [-0.05, 0) is 69.7 Å². The molecule has 0 bridgehead atoms. The zero-order valence-corrected chi connectivity index (χ0v) is 28.2. The average molecular weight is 666 g/mol. The molecule has 3 heterocycles. The summed E-state index contributed by atoms with van der Waals surface area (Å²) in [6, 6.07) is 9.61. The zero-order valence-electron chi connectivity index (χ0n) is 27.4. The van der Waals surface area contributed by atoms with E-state index in [9.17, 15) is 14.4 Å². The van der Waals surface area contributed by atoms with Gasteiger partial charge in [-0.15, -0.1) is 0 Å². The van der Waals surface area contributed by atoms with Gasteiger partial charge in [0.15, 0.2) is 22.9 Å². The monoisotopic (exact) mass is 665 g/mol. The lowest BCUT2D eigenvalue weighted by Crippen LogP contribution is -2.43. The number of thiazole rings is 1. The van der Waals surface area contributed by atoms with Gasteiger partial charge in [0.1, 0.15) is 17.5 Å². The Hall–Kier alpha value is -4.62. The lowest BCUT2D eigenvalue weighted by atomic mass is 9.94. The number of carbonyl (C=O) groups excluding carboxylic acids is 2. The number of fused-ring (bicyclic) bond motifs is 1. The van der Waals surface area contributed by atoms with Crippen molar-refractivity contribution in [3.05, 3.63) is 78.5 Å². The molecule has 2 aliphatic rings. The molecule has 2 aromatic carbocycles. The van der Waals surface area contributed by atoms with Crippen molar-refractivity contribution in [2.45, 2.75) is 39.8 Å². The summed E-state index contributed by atoms with van der Waals surface area (Å²) in [4.78, 5) is 47.1. The molecule has 250 valence electrons. The maximum absolute atomic E-state index is 14.2. The van der Waals surface area contributed by atoms with E-state index in [1.807, 2.05) is 6.92 Å². The van der Waals surface area contributed by atoms with Crippen LogP contribution in [-0.4, -0.2) is 81.2 Å². The highest BCUT2D eigenvalue weighted by atomic mass is 32.1. The second-order valence-corrected chi connectivity index (χ2v) is 12.1. The summed E-state index contributed by atoms with van der Waals surface area (Å²) in [6.07, 6.45) is 1.35. The number of rotatable bonds is 11. The first-order valence-electron chi connectivity index (χ1n) is 15.4. The summed E-state index contributed by atoms with van der Waals surface area (Å²) >= 11 is 1.20. The Labute approximate surface area is 276 Å². The largest absolute Gasteiger partial charge is 0.497 e. The highest BCUT2D eigenvalue weighted by Gasteiger charge is 2.36. The number of methoxy groups -OCH3 is 2. The molecule has 1 amide bonds.